The van der Waals surface area contributed by atoms with Gasteiger partial charge in [-0.05, 0) is 36.2 Å². The van der Waals surface area contributed by atoms with E-state index < -0.39 is 6.10 Å². The van der Waals surface area contributed by atoms with Gasteiger partial charge in [-0.1, -0.05) is 30.3 Å². The van der Waals surface area contributed by atoms with Crippen molar-refractivity contribution in [1.29, 1.82) is 0 Å². The Labute approximate surface area is 160 Å². The molecule has 2 atom stereocenters. The summed E-state index contributed by atoms with van der Waals surface area (Å²) in [6, 6.07) is 16.1. The number of anilines is 1. The summed E-state index contributed by atoms with van der Waals surface area (Å²) in [7, 11) is 0. The number of benzene rings is 2. The van der Waals surface area contributed by atoms with E-state index in [1.165, 1.54) is 18.5 Å². The molecule has 4 aromatic rings. The van der Waals surface area contributed by atoms with E-state index in [9.17, 15) is 9.50 Å². The second-order valence-electron chi connectivity index (χ2n) is 6.94. The van der Waals surface area contributed by atoms with E-state index in [1.807, 2.05) is 30.3 Å². The Morgan fingerprint density at radius 2 is 1.79 bits per heavy atom. The molecule has 1 fully saturated rings. The number of para-hydroxylation sites is 1. The lowest BCUT2D eigenvalue weighted by Gasteiger charge is -2.26. The minimum absolute atomic E-state index is 0.0891. The van der Waals surface area contributed by atoms with Gasteiger partial charge >= 0.3 is 0 Å². The zero-order valence-electron chi connectivity index (χ0n) is 15.0. The number of halogens is 1. The summed E-state index contributed by atoms with van der Waals surface area (Å²) in [5.41, 5.74) is 2.56. The molecule has 0 spiro atoms. The third-order valence-electron chi connectivity index (χ3n) is 5.15. The summed E-state index contributed by atoms with van der Waals surface area (Å²) in [6.45, 7) is 0.449. The van der Waals surface area contributed by atoms with Crippen LogP contribution in [0.1, 0.15) is 18.0 Å². The smallest absolute Gasteiger partial charge is 0.168 e. The second-order valence-corrected chi connectivity index (χ2v) is 6.94. The molecule has 1 saturated heterocycles. The van der Waals surface area contributed by atoms with Crippen LogP contribution in [0, 0.1) is 5.82 Å². The molecular formula is C21H18FN5O. The number of hydrogen-bond acceptors (Lipinski definition) is 5. The summed E-state index contributed by atoms with van der Waals surface area (Å²) in [6.07, 6.45) is 3.35. The quantitative estimate of drug-likeness (QED) is 0.595. The van der Waals surface area contributed by atoms with Crippen molar-refractivity contribution >= 4 is 16.9 Å². The van der Waals surface area contributed by atoms with Gasteiger partial charge in [-0.3, -0.25) is 0 Å². The van der Waals surface area contributed by atoms with Crippen molar-refractivity contribution < 1.29 is 9.50 Å². The standard InChI is InChI=1S/C21H18FN5O/c22-15-8-6-14(7-9-15)19-10-17(28)12-26(19)20-18-11-25-27(21(18)24-13-23-20)16-4-2-1-3-5-16/h1-9,11,13,17,19,28H,10,12H2/t17-,19-/m1/s1. The molecule has 2 aromatic heterocycles. The summed E-state index contributed by atoms with van der Waals surface area (Å²) in [5.74, 6) is 0.445. The minimum Gasteiger partial charge on any atom is -0.391 e. The molecule has 1 aliphatic heterocycles. The van der Waals surface area contributed by atoms with E-state index >= 15 is 0 Å². The number of fused-ring (bicyclic) bond motifs is 1. The summed E-state index contributed by atoms with van der Waals surface area (Å²) < 4.78 is 15.1. The lowest BCUT2D eigenvalue weighted by atomic mass is 10.0. The van der Waals surface area contributed by atoms with Crippen LogP contribution in [0.15, 0.2) is 67.1 Å². The largest absolute Gasteiger partial charge is 0.391 e. The first-order chi connectivity index (χ1) is 13.7. The molecule has 0 amide bonds. The molecule has 2 aromatic carbocycles. The van der Waals surface area contributed by atoms with Gasteiger partial charge < -0.3 is 10.0 Å². The summed E-state index contributed by atoms with van der Waals surface area (Å²) >= 11 is 0. The van der Waals surface area contributed by atoms with Gasteiger partial charge in [-0.15, -0.1) is 0 Å². The van der Waals surface area contributed by atoms with Gasteiger partial charge in [0, 0.05) is 6.54 Å². The molecule has 0 saturated carbocycles. The van der Waals surface area contributed by atoms with Gasteiger partial charge in [0.1, 0.15) is 18.0 Å². The zero-order chi connectivity index (χ0) is 19.1. The molecule has 0 unspecified atom stereocenters. The fraction of sp³-hybridized carbons (Fsp3) is 0.190. The van der Waals surface area contributed by atoms with Crippen LogP contribution in [0.2, 0.25) is 0 Å². The third kappa shape index (κ3) is 2.80. The zero-order valence-corrected chi connectivity index (χ0v) is 15.0. The van der Waals surface area contributed by atoms with E-state index in [-0.39, 0.29) is 11.9 Å². The normalized spacial score (nSPS) is 19.4. The van der Waals surface area contributed by atoms with Crippen LogP contribution in [0.25, 0.3) is 16.7 Å². The van der Waals surface area contributed by atoms with Crippen molar-refractivity contribution in [2.45, 2.75) is 18.6 Å². The third-order valence-corrected chi connectivity index (χ3v) is 5.15. The first-order valence-corrected chi connectivity index (χ1v) is 9.15. The number of aliphatic hydroxyl groups is 1. The number of aliphatic hydroxyl groups excluding tert-OH is 1. The van der Waals surface area contributed by atoms with Crippen molar-refractivity contribution in [3.63, 3.8) is 0 Å². The van der Waals surface area contributed by atoms with Crippen LogP contribution in [0.3, 0.4) is 0 Å². The Bertz CT molecular complexity index is 1110. The van der Waals surface area contributed by atoms with Gasteiger partial charge in [0.2, 0.25) is 0 Å². The van der Waals surface area contributed by atoms with E-state index in [4.69, 9.17) is 0 Å². The summed E-state index contributed by atoms with van der Waals surface area (Å²) in [4.78, 5) is 11.0. The first kappa shape index (κ1) is 16.8. The molecule has 1 N–H and O–H groups in total. The molecule has 7 heteroatoms. The lowest BCUT2D eigenvalue weighted by molar-refractivity contribution is 0.194. The first-order valence-electron chi connectivity index (χ1n) is 9.15. The molecule has 140 valence electrons. The van der Waals surface area contributed by atoms with Crippen LogP contribution in [0.5, 0.6) is 0 Å². The molecule has 5 rings (SSSR count). The highest BCUT2D eigenvalue weighted by atomic mass is 19.1. The molecule has 1 aliphatic rings. The molecule has 0 bridgehead atoms. The van der Waals surface area contributed by atoms with Crippen molar-refractivity contribution in [1.82, 2.24) is 19.7 Å². The highest BCUT2D eigenvalue weighted by Crippen LogP contribution is 2.38. The number of nitrogens with zero attached hydrogens (tertiary/aromatic N) is 5. The Hall–Kier alpha value is -3.32. The van der Waals surface area contributed by atoms with Crippen LogP contribution in [-0.2, 0) is 0 Å². The fourth-order valence-corrected chi connectivity index (χ4v) is 3.87. The van der Waals surface area contributed by atoms with Gasteiger partial charge in [0.05, 0.1) is 29.4 Å². The van der Waals surface area contributed by atoms with Gasteiger partial charge in [0.25, 0.3) is 0 Å². The monoisotopic (exact) mass is 375 g/mol. The number of aromatic nitrogens is 4. The summed E-state index contributed by atoms with van der Waals surface area (Å²) in [5, 5.41) is 15.6. The Morgan fingerprint density at radius 3 is 2.57 bits per heavy atom. The maximum absolute atomic E-state index is 13.3. The highest BCUT2D eigenvalue weighted by molar-refractivity contribution is 5.88. The number of hydrogen-bond donors (Lipinski definition) is 1. The molecule has 0 aliphatic carbocycles. The molecular weight excluding hydrogens is 357 g/mol. The Kier molecular flexibility index (Phi) is 4.02. The maximum Gasteiger partial charge on any atom is 0.168 e. The predicted octanol–water partition coefficient (Wildman–Crippen LogP) is 3.27. The van der Waals surface area contributed by atoms with E-state index in [0.29, 0.717) is 18.6 Å². The van der Waals surface area contributed by atoms with E-state index in [2.05, 4.69) is 20.0 Å². The minimum atomic E-state index is -0.482. The van der Waals surface area contributed by atoms with Gasteiger partial charge in [0.15, 0.2) is 5.65 Å². The molecule has 3 heterocycles. The number of rotatable bonds is 3. The Balaban J connectivity index is 1.60. The van der Waals surface area contributed by atoms with E-state index in [1.54, 1.807) is 23.0 Å². The topological polar surface area (TPSA) is 67.1 Å². The molecule has 6 nitrogen and oxygen atoms in total. The van der Waals surface area contributed by atoms with Crippen molar-refractivity contribution in [3.8, 4) is 5.69 Å². The Morgan fingerprint density at radius 1 is 1.00 bits per heavy atom. The lowest BCUT2D eigenvalue weighted by Crippen LogP contribution is -2.25. The van der Waals surface area contributed by atoms with E-state index in [0.717, 1.165) is 22.5 Å². The van der Waals surface area contributed by atoms with Gasteiger partial charge in [-0.2, -0.15) is 5.10 Å². The molecule has 0 radical (unpaired) electrons. The average molecular weight is 375 g/mol. The van der Waals surface area contributed by atoms with Crippen LogP contribution < -0.4 is 4.90 Å². The van der Waals surface area contributed by atoms with Crippen molar-refractivity contribution in [2.75, 3.05) is 11.4 Å². The average Bonchev–Trinajstić information content (AvgIpc) is 3.33. The van der Waals surface area contributed by atoms with Crippen molar-refractivity contribution in [3.05, 3.63) is 78.5 Å². The fourth-order valence-electron chi connectivity index (χ4n) is 3.87. The highest BCUT2D eigenvalue weighted by Gasteiger charge is 2.34. The second kappa shape index (κ2) is 6.69. The van der Waals surface area contributed by atoms with Gasteiger partial charge in [-0.25, -0.2) is 19.0 Å². The predicted molar refractivity (Wildman–Crippen MR) is 104 cm³/mol. The van der Waals surface area contributed by atoms with Crippen molar-refractivity contribution in [2.24, 2.45) is 0 Å². The van der Waals surface area contributed by atoms with Crippen LogP contribution in [-0.4, -0.2) is 37.5 Å². The number of β-amino-alcohol motifs (C(OH)–C–C–N with tert-alkyl or cyclic N) is 1. The van der Waals surface area contributed by atoms with Crippen LogP contribution in [0.4, 0.5) is 10.2 Å². The molecule has 28 heavy (non-hydrogen) atoms. The maximum atomic E-state index is 13.3. The SMILES string of the molecule is O[C@@H]1C[C@H](c2ccc(F)cc2)N(c2ncnc3c2cnn3-c2ccccc2)C1. The van der Waals surface area contributed by atoms with Crippen LogP contribution >= 0.6 is 0 Å².